The second-order valence-corrected chi connectivity index (χ2v) is 7.26. The van der Waals surface area contributed by atoms with Gasteiger partial charge in [0.1, 0.15) is 4.90 Å². The predicted octanol–water partition coefficient (Wildman–Crippen LogP) is 2.98. The Kier molecular flexibility index (Phi) is 4.75. The van der Waals surface area contributed by atoms with Crippen LogP contribution in [0.2, 0.25) is 5.02 Å². The molecule has 0 aromatic heterocycles. The second-order valence-electron chi connectivity index (χ2n) is 5.12. The normalized spacial score (nSPS) is 13.3. The van der Waals surface area contributed by atoms with Crippen LogP contribution in [0.15, 0.2) is 47.4 Å². The number of hydrogen-bond donors (Lipinski definition) is 1. The third-order valence-electron chi connectivity index (χ3n) is 3.50. The maximum Gasteiger partial charge on any atom is 0.242 e. The summed E-state index contributed by atoms with van der Waals surface area (Å²) in [6.45, 7) is 0.582. The zero-order valence-electron chi connectivity index (χ0n) is 12.3. The van der Waals surface area contributed by atoms with Crippen LogP contribution >= 0.6 is 11.6 Å². The van der Waals surface area contributed by atoms with Crippen molar-refractivity contribution in [2.24, 2.45) is 0 Å². The van der Waals surface area contributed by atoms with Crippen LogP contribution in [-0.4, -0.2) is 21.8 Å². The summed E-state index contributed by atoms with van der Waals surface area (Å²) in [6.07, 6.45) is 1.41. The highest BCUT2D eigenvalue weighted by Crippen LogP contribution is 2.32. The van der Waals surface area contributed by atoms with E-state index in [1.54, 1.807) is 18.2 Å². The lowest BCUT2D eigenvalue weighted by Gasteiger charge is -2.08. The van der Waals surface area contributed by atoms with Crippen molar-refractivity contribution in [3.63, 3.8) is 0 Å². The van der Waals surface area contributed by atoms with E-state index in [9.17, 15) is 8.42 Å². The summed E-state index contributed by atoms with van der Waals surface area (Å²) in [7, 11) is -3.58. The Labute approximate surface area is 140 Å². The van der Waals surface area contributed by atoms with Crippen LogP contribution in [0.3, 0.4) is 0 Å². The second kappa shape index (κ2) is 6.78. The van der Waals surface area contributed by atoms with Gasteiger partial charge in [0.2, 0.25) is 16.8 Å². The molecule has 2 aromatic carbocycles. The summed E-state index contributed by atoms with van der Waals surface area (Å²) in [5, 5.41) is 0.218. The number of ether oxygens (including phenoxy) is 2. The monoisotopic (exact) mass is 353 g/mol. The molecular weight excluding hydrogens is 338 g/mol. The molecule has 1 heterocycles. The molecule has 0 bridgehead atoms. The van der Waals surface area contributed by atoms with E-state index in [1.807, 2.05) is 18.2 Å². The van der Waals surface area contributed by atoms with Crippen molar-refractivity contribution in [1.82, 2.24) is 4.72 Å². The molecule has 0 atom stereocenters. The molecule has 0 spiro atoms. The van der Waals surface area contributed by atoms with Gasteiger partial charge in [-0.15, -0.1) is 0 Å². The molecule has 1 aliphatic heterocycles. The largest absolute Gasteiger partial charge is 0.454 e. The lowest BCUT2D eigenvalue weighted by Crippen LogP contribution is -2.25. The Morgan fingerprint density at radius 2 is 1.87 bits per heavy atom. The zero-order valence-corrected chi connectivity index (χ0v) is 13.9. The summed E-state index contributed by atoms with van der Waals surface area (Å²) in [6, 6.07) is 12.1. The SMILES string of the molecule is O=S(=O)(NCCCc1ccc2c(c1)OCO2)c1ccccc1Cl. The smallest absolute Gasteiger partial charge is 0.242 e. The van der Waals surface area contributed by atoms with Gasteiger partial charge < -0.3 is 9.47 Å². The summed E-state index contributed by atoms with van der Waals surface area (Å²) < 4.78 is 37.5. The highest BCUT2D eigenvalue weighted by molar-refractivity contribution is 7.89. The minimum absolute atomic E-state index is 0.102. The van der Waals surface area contributed by atoms with Crippen molar-refractivity contribution >= 4 is 21.6 Å². The molecule has 0 aliphatic carbocycles. The molecule has 122 valence electrons. The van der Waals surface area contributed by atoms with Gasteiger partial charge in [0.25, 0.3) is 0 Å². The molecule has 7 heteroatoms. The molecule has 0 saturated heterocycles. The van der Waals surface area contributed by atoms with Crippen LogP contribution in [-0.2, 0) is 16.4 Å². The first-order chi connectivity index (χ1) is 11.1. The van der Waals surface area contributed by atoms with E-state index in [2.05, 4.69) is 4.72 Å². The van der Waals surface area contributed by atoms with Gasteiger partial charge in [-0.05, 0) is 42.7 Å². The molecule has 2 aromatic rings. The molecule has 0 saturated carbocycles. The molecule has 0 radical (unpaired) electrons. The standard InChI is InChI=1S/C16H16ClNO4S/c17-13-5-1-2-6-16(13)23(19,20)18-9-3-4-12-7-8-14-15(10-12)22-11-21-14/h1-2,5-8,10,18H,3-4,9,11H2. The number of sulfonamides is 1. The Morgan fingerprint density at radius 1 is 1.09 bits per heavy atom. The Hall–Kier alpha value is -1.76. The Morgan fingerprint density at radius 3 is 2.70 bits per heavy atom. The van der Waals surface area contributed by atoms with Crippen LogP contribution in [0.4, 0.5) is 0 Å². The van der Waals surface area contributed by atoms with Crippen LogP contribution in [0.5, 0.6) is 11.5 Å². The number of benzene rings is 2. The first-order valence-corrected chi connectivity index (χ1v) is 9.05. The number of hydrogen-bond acceptors (Lipinski definition) is 4. The lowest BCUT2D eigenvalue weighted by molar-refractivity contribution is 0.174. The highest BCUT2D eigenvalue weighted by atomic mass is 35.5. The van der Waals surface area contributed by atoms with Crippen molar-refractivity contribution in [3.05, 3.63) is 53.1 Å². The van der Waals surface area contributed by atoms with Crippen molar-refractivity contribution in [1.29, 1.82) is 0 Å². The van der Waals surface area contributed by atoms with Crippen LogP contribution in [0.1, 0.15) is 12.0 Å². The van der Waals surface area contributed by atoms with Crippen LogP contribution in [0.25, 0.3) is 0 Å². The van der Waals surface area contributed by atoms with Gasteiger partial charge in [0.15, 0.2) is 11.5 Å². The average Bonchev–Trinajstić information content (AvgIpc) is 2.99. The van der Waals surface area contributed by atoms with E-state index in [0.717, 1.165) is 23.5 Å². The molecular formula is C16H16ClNO4S. The third-order valence-corrected chi connectivity index (χ3v) is 5.46. The maximum atomic E-state index is 12.2. The van der Waals surface area contributed by atoms with Crippen molar-refractivity contribution in [2.45, 2.75) is 17.7 Å². The van der Waals surface area contributed by atoms with Crippen molar-refractivity contribution in [2.75, 3.05) is 13.3 Å². The van der Waals surface area contributed by atoms with Crippen molar-refractivity contribution in [3.8, 4) is 11.5 Å². The lowest BCUT2D eigenvalue weighted by atomic mass is 10.1. The molecule has 3 rings (SSSR count). The topological polar surface area (TPSA) is 64.6 Å². The Balaban J connectivity index is 1.54. The van der Waals surface area contributed by atoms with Crippen molar-refractivity contribution < 1.29 is 17.9 Å². The average molecular weight is 354 g/mol. The van der Waals surface area contributed by atoms with Crippen LogP contribution in [0, 0.1) is 0 Å². The molecule has 5 nitrogen and oxygen atoms in total. The molecule has 0 unspecified atom stereocenters. The van der Waals surface area contributed by atoms with E-state index in [1.165, 1.54) is 6.07 Å². The van der Waals surface area contributed by atoms with Gasteiger partial charge in [-0.1, -0.05) is 29.8 Å². The fourth-order valence-corrected chi connectivity index (χ4v) is 3.93. The zero-order chi connectivity index (χ0) is 16.3. The summed E-state index contributed by atoms with van der Waals surface area (Å²) in [4.78, 5) is 0.102. The number of nitrogens with one attached hydrogen (secondary N) is 1. The number of aryl methyl sites for hydroxylation is 1. The first kappa shape index (κ1) is 16.1. The van der Waals surface area contributed by atoms with Gasteiger partial charge in [0.05, 0.1) is 5.02 Å². The third kappa shape index (κ3) is 3.77. The molecule has 1 aliphatic rings. The summed E-state index contributed by atoms with van der Waals surface area (Å²) in [5.74, 6) is 1.48. The molecule has 23 heavy (non-hydrogen) atoms. The fourth-order valence-electron chi connectivity index (χ4n) is 2.34. The fraction of sp³-hybridized carbons (Fsp3) is 0.250. The highest BCUT2D eigenvalue weighted by Gasteiger charge is 2.17. The minimum Gasteiger partial charge on any atom is -0.454 e. The van der Waals surface area contributed by atoms with E-state index in [4.69, 9.17) is 21.1 Å². The number of fused-ring (bicyclic) bond motifs is 1. The molecule has 0 fully saturated rings. The van der Waals surface area contributed by atoms with Crippen LogP contribution < -0.4 is 14.2 Å². The van der Waals surface area contributed by atoms with Gasteiger partial charge in [-0.3, -0.25) is 0 Å². The van der Waals surface area contributed by atoms with E-state index < -0.39 is 10.0 Å². The minimum atomic E-state index is -3.58. The Bertz CT molecular complexity index is 807. The van der Waals surface area contributed by atoms with E-state index in [-0.39, 0.29) is 16.7 Å². The van der Waals surface area contributed by atoms with E-state index >= 15 is 0 Å². The quantitative estimate of drug-likeness (QED) is 0.811. The molecule has 1 N–H and O–H groups in total. The summed E-state index contributed by atoms with van der Waals surface area (Å²) in [5.41, 5.74) is 1.08. The first-order valence-electron chi connectivity index (χ1n) is 7.19. The van der Waals surface area contributed by atoms with E-state index in [0.29, 0.717) is 13.0 Å². The summed E-state index contributed by atoms with van der Waals surface area (Å²) >= 11 is 5.93. The van der Waals surface area contributed by atoms with Gasteiger partial charge in [-0.25, -0.2) is 13.1 Å². The predicted molar refractivity (Wildman–Crippen MR) is 87.5 cm³/mol. The molecule has 0 amide bonds. The van der Waals surface area contributed by atoms with Gasteiger partial charge in [-0.2, -0.15) is 0 Å². The number of rotatable bonds is 6. The van der Waals surface area contributed by atoms with Gasteiger partial charge in [0, 0.05) is 6.54 Å². The van der Waals surface area contributed by atoms with Gasteiger partial charge >= 0.3 is 0 Å². The maximum absolute atomic E-state index is 12.2. The number of halogens is 1.